The van der Waals surface area contributed by atoms with Gasteiger partial charge in [0, 0.05) is 71.0 Å². The van der Waals surface area contributed by atoms with Crippen molar-refractivity contribution < 1.29 is 0 Å². The third-order valence-corrected chi connectivity index (χ3v) is 20.8. The molecule has 0 fully saturated rings. The monoisotopic (exact) mass is 1170 g/mol. The molecule has 0 bridgehead atoms. The molecule has 2 aliphatic heterocycles. The normalized spacial score (nSPS) is 14.4. The largest absolute Gasteiger partial charge is 0.311 e. The molecule has 10 aromatic carbocycles. The first-order chi connectivity index (χ1) is 41.6. The Bertz CT molecular complexity index is 4540. The molecular formula is C83H84BN3S. The van der Waals surface area contributed by atoms with Gasteiger partial charge >= 0.3 is 0 Å². The fraction of sp³-hybridized carbons (Fsp3) is 0.277. The van der Waals surface area contributed by atoms with E-state index in [0.717, 1.165) is 17.1 Å². The summed E-state index contributed by atoms with van der Waals surface area (Å²) in [4.78, 5) is 7.88. The molecule has 3 nitrogen and oxygen atoms in total. The molecule has 3 heterocycles. The molecule has 0 N–H and O–H groups in total. The first kappa shape index (κ1) is 57.6. The van der Waals surface area contributed by atoms with Gasteiger partial charge in [-0.15, -0.1) is 11.3 Å². The SMILES string of the molecule is CC(C)(C)c1ccc(N(c2ccc(C(C)(C)C)cc2)c2ccc(N3c4ccc(C(C)(C)C)cc4B4c5cc(C(C)(C)C)ccc5N(c5ccc(C(C)(C)C)cc5)c5cc(-c6cccc7c6sc6ccccc67)cc3c54)c3c2C(C)(C)c2ccccc2-3)cc1. The predicted octanol–water partition coefficient (Wildman–Crippen LogP) is 22.1. The van der Waals surface area contributed by atoms with Gasteiger partial charge in [-0.05, 0) is 178 Å². The van der Waals surface area contributed by atoms with Crippen molar-refractivity contribution >= 4 is 106 Å². The number of rotatable bonds is 6. The van der Waals surface area contributed by atoms with E-state index in [9.17, 15) is 0 Å². The number of hydrogen-bond donors (Lipinski definition) is 0. The minimum absolute atomic E-state index is 0.00415. The van der Waals surface area contributed by atoms with Crippen LogP contribution in [0.1, 0.15) is 157 Å². The third kappa shape index (κ3) is 9.27. The molecule has 0 saturated carbocycles. The third-order valence-electron chi connectivity index (χ3n) is 19.6. The van der Waals surface area contributed by atoms with Crippen LogP contribution in [0.5, 0.6) is 0 Å². The van der Waals surface area contributed by atoms with Gasteiger partial charge in [0.1, 0.15) is 0 Å². The molecule has 0 radical (unpaired) electrons. The Labute approximate surface area is 528 Å². The van der Waals surface area contributed by atoms with Crippen molar-refractivity contribution in [3.63, 3.8) is 0 Å². The van der Waals surface area contributed by atoms with Crippen LogP contribution in [0.2, 0.25) is 0 Å². The van der Waals surface area contributed by atoms with Crippen molar-refractivity contribution in [3.8, 4) is 22.3 Å². The molecule has 0 spiro atoms. The van der Waals surface area contributed by atoms with Crippen molar-refractivity contribution in [1.29, 1.82) is 0 Å². The summed E-state index contributed by atoms with van der Waals surface area (Å²) in [5, 5.41) is 2.60. The number of thiophene rings is 1. The second-order valence-electron chi connectivity index (χ2n) is 31.1. The minimum Gasteiger partial charge on any atom is -0.311 e. The first-order valence-electron chi connectivity index (χ1n) is 31.9. The van der Waals surface area contributed by atoms with Gasteiger partial charge in [0.05, 0.1) is 11.4 Å². The highest BCUT2D eigenvalue weighted by Crippen LogP contribution is 2.60. The molecular weight excluding hydrogens is 1080 g/mol. The van der Waals surface area contributed by atoms with Gasteiger partial charge < -0.3 is 14.7 Å². The zero-order valence-electron chi connectivity index (χ0n) is 54.9. The summed E-state index contributed by atoms with van der Waals surface area (Å²) >= 11 is 1.91. The Kier molecular flexibility index (Phi) is 13.1. The molecule has 440 valence electrons. The topological polar surface area (TPSA) is 9.72 Å². The summed E-state index contributed by atoms with van der Waals surface area (Å²) in [5.74, 6) is 0. The van der Waals surface area contributed by atoms with Gasteiger partial charge in [-0.25, -0.2) is 0 Å². The maximum absolute atomic E-state index is 2.71. The van der Waals surface area contributed by atoms with Crippen LogP contribution in [0.3, 0.4) is 0 Å². The first-order valence-corrected chi connectivity index (χ1v) is 32.8. The second kappa shape index (κ2) is 19.9. The molecule has 0 atom stereocenters. The lowest BCUT2D eigenvalue weighted by Crippen LogP contribution is -2.61. The number of fused-ring (bicyclic) bond motifs is 10. The summed E-state index contributed by atoms with van der Waals surface area (Å²) in [6.07, 6.45) is 0. The van der Waals surface area contributed by atoms with E-state index >= 15 is 0 Å². The van der Waals surface area contributed by atoms with E-state index in [0.29, 0.717) is 0 Å². The van der Waals surface area contributed by atoms with Crippen molar-refractivity contribution in [3.05, 3.63) is 239 Å². The molecule has 5 heteroatoms. The minimum atomic E-state index is -0.389. The summed E-state index contributed by atoms with van der Waals surface area (Å²) in [7, 11) is 0. The lowest BCUT2D eigenvalue weighted by Gasteiger charge is -2.45. The molecule has 14 rings (SSSR count). The fourth-order valence-electron chi connectivity index (χ4n) is 14.6. The van der Waals surface area contributed by atoms with Gasteiger partial charge in [-0.1, -0.05) is 239 Å². The van der Waals surface area contributed by atoms with Crippen molar-refractivity contribution in [2.75, 3.05) is 14.7 Å². The summed E-state index contributed by atoms with van der Waals surface area (Å²) in [6, 6.07) is 78.4. The van der Waals surface area contributed by atoms with Crippen LogP contribution in [0.4, 0.5) is 51.2 Å². The molecule has 1 aliphatic carbocycles. The zero-order valence-corrected chi connectivity index (χ0v) is 55.7. The Balaban J connectivity index is 1.12. The maximum atomic E-state index is 2.71. The van der Waals surface area contributed by atoms with E-state index in [-0.39, 0.29) is 39.2 Å². The van der Waals surface area contributed by atoms with Crippen molar-refractivity contribution in [2.45, 2.75) is 150 Å². The fourth-order valence-corrected chi connectivity index (χ4v) is 15.8. The standard InChI is InChI=1S/C83H84BN3S/c1-78(2,3)52-29-37-57(38-30-52)85(58-39-31-53(32-40-58)79(4,5)6)70-46-45-69(74-63-24-18-20-27-64(63)83(16,17)75(70)74)87-68-44-36-56(82(13,14)15)50-66(68)84-65-49-55(81(10,11)12)35-43-67(65)86(59-41-33-54(34-42-59)80(7,8)9)71-47-51(48-72(87)76(71)84)60-25-22-26-62-61-23-19-21-28-73(61)88-77(60)62/h18-50H,1-17H3. The van der Waals surface area contributed by atoms with Crippen molar-refractivity contribution in [1.82, 2.24) is 0 Å². The van der Waals surface area contributed by atoms with E-state index in [1.165, 1.54) is 132 Å². The number of nitrogens with zero attached hydrogens (tertiary/aromatic N) is 3. The predicted molar refractivity (Wildman–Crippen MR) is 385 cm³/mol. The maximum Gasteiger partial charge on any atom is 0.252 e. The van der Waals surface area contributed by atoms with Gasteiger partial charge in [-0.3, -0.25) is 0 Å². The van der Waals surface area contributed by atoms with E-state index in [2.05, 4.69) is 333 Å². The molecule has 88 heavy (non-hydrogen) atoms. The Hall–Kier alpha value is -8.12. The molecule has 3 aliphatic rings. The highest BCUT2D eigenvalue weighted by Gasteiger charge is 2.48. The van der Waals surface area contributed by atoms with E-state index in [4.69, 9.17) is 0 Å². The lowest BCUT2D eigenvalue weighted by molar-refractivity contribution is 0.590. The van der Waals surface area contributed by atoms with Gasteiger partial charge in [0.2, 0.25) is 0 Å². The van der Waals surface area contributed by atoms with Crippen molar-refractivity contribution in [2.24, 2.45) is 0 Å². The van der Waals surface area contributed by atoms with Gasteiger partial charge in [0.25, 0.3) is 6.71 Å². The summed E-state index contributed by atoms with van der Waals surface area (Å²) < 4.78 is 2.61. The summed E-state index contributed by atoms with van der Waals surface area (Å²) in [6.45, 7) is 39.8. The van der Waals surface area contributed by atoms with Crippen LogP contribution in [-0.4, -0.2) is 6.71 Å². The number of anilines is 9. The average Bonchev–Trinajstić information content (AvgIpc) is 1.08. The van der Waals surface area contributed by atoms with Crippen LogP contribution < -0.4 is 31.1 Å². The molecule has 11 aromatic rings. The Morgan fingerprint density at radius 2 is 0.852 bits per heavy atom. The zero-order chi connectivity index (χ0) is 61.9. The smallest absolute Gasteiger partial charge is 0.252 e. The van der Waals surface area contributed by atoms with Gasteiger partial charge in [0.15, 0.2) is 0 Å². The van der Waals surface area contributed by atoms with Crippen LogP contribution in [0.15, 0.2) is 200 Å². The van der Waals surface area contributed by atoms with Crippen LogP contribution in [-0.2, 0) is 32.5 Å². The van der Waals surface area contributed by atoms with Gasteiger partial charge in [-0.2, -0.15) is 0 Å². The molecule has 0 unspecified atom stereocenters. The summed E-state index contributed by atoms with van der Waals surface area (Å²) in [5.41, 5.74) is 28.4. The Morgan fingerprint density at radius 3 is 1.41 bits per heavy atom. The van der Waals surface area contributed by atoms with E-state index < -0.39 is 0 Å². The quantitative estimate of drug-likeness (QED) is 0.154. The highest BCUT2D eigenvalue weighted by molar-refractivity contribution is 7.26. The highest BCUT2D eigenvalue weighted by atomic mass is 32.1. The molecule has 0 saturated heterocycles. The average molecular weight is 1170 g/mol. The van der Waals surface area contributed by atoms with Crippen LogP contribution in [0.25, 0.3) is 42.4 Å². The van der Waals surface area contributed by atoms with E-state index in [1.54, 1.807) is 0 Å². The molecule has 0 amide bonds. The Morgan fingerprint density at radius 1 is 0.398 bits per heavy atom. The number of hydrogen-bond acceptors (Lipinski definition) is 4. The lowest BCUT2D eigenvalue weighted by atomic mass is 9.33. The second-order valence-corrected chi connectivity index (χ2v) is 32.2. The van der Waals surface area contributed by atoms with Crippen LogP contribution >= 0.6 is 11.3 Å². The van der Waals surface area contributed by atoms with E-state index in [1.807, 2.05) is 11.3 Å². The molecule has 1 aromatic heterocycles. The van der Waals surface area contributed by atoms with Crippen LogP contribution in [0, 0.1) is 0 Å². The number of benzene rings is 10.